The molecular formula is C18H23N5O3S. The zero-order valence-corrected chi connectivity index (χ0v) is 16.1. The highest BCUT2D eigenvalue weighted by molar-refractivity contribution is 7.15. The van der Waals surface area contributed by atoms with Crippen molar-refractivity contribution in [3.8, 4) is 0 Å². The predicted octanol–water partition coefficient (Wildman–Crippen LogP) is 2.85. The topological polar surface area (TPSA) is 103 Å². The van der Waals surface area contributed by atoms with Crippen LogP contribution in [0.4, 0.5) is 5.13 Å². The SMILES string of the molecule is Cc1noc(COCC(=O)Nc2nnc(C34CC5CC(CC(C5)C3)C4)s2)n1. The van der Waals surface area contributed by atoms with Gasteiger partial charge in [-0.05, 0) is 63.2 Å². The van der Waals surface area contributed by atoms with Crippen LogP contribution in [0, 0.1) is 24.7 Å². The number of aryl methyl sites for hydroxylation is 1. The van der Waals surface area contributed by atoms with Gasteiger partial charge >= 0.3 is 0 Å². The number of carbonyl (C=O) groups excluding carboxylic acids is 1. The lowest BCUT2D eigenvalue weighted by atomic mass is 9.50. The summed E-state index contributed by atoms with van der Waals surface area (Å²) in [5.41, 5.74) is 0.210. The fraction of sp³-hybridized carbons (Fsp3) is 0.722. The second-order valence-corrected chi connectivity index (χ2v) is 9.36. The smallest absolute Gasteiger partial charge is 0.252 e. The molecule has 1 N–H and O–H groups in total. The van der Waals surface area contributed by atoms with Crippen molar-refractivity contribution in [2.24, 2.45) is 17.8 Å². The van der Waals surface area contributed by atoms with Gasteiger partial charge in [0.05, 0.1) is 0 Å². The van der Waals surface area contributed by atoms with E-state index >= 15 is 0 Å². The van der Waals surface area contributed by atoms with Gasteiger partial charge in [0.25, 0.3) is 11.8 Å². The summed E-state index contributed by atoms with van der Waals surface area (Å²) in [6, 6.07) is 0. The maximum Gasteiger partial charge on any atom is 0.252 e. The number of rotatable bonds is 6. The van der Waals surface area contributed by atoms with Crippen molar-refractivity contribution >= 4 is 22.4 Å². The molecule has 4 aliphatic carbocycles. The first-order valence-corrected chi connectivity index (χ1v) is 10.4. The summed E-state index contributed by atoms with van der Waals surface area (Å²) in [6.07, 6.45) is 7.94. The molecule has 0 saturated heterocycles. The normalized spacial score (nSPS) is 31.4. The Balaban J connectivity index is 1.18. The van der Waals surface area contributed by atoms with Crippen molar-refractivity contribution in [3.63, 3.8) is 0 Å². The molecule has 144 valence electrons. The fourth-order valence-corrected chi connectivity index (χ4v) is 6.62. The van der Waals surface area contributed by atoms with Gasteiger partial charge in [-0.2, -0.15) is 4.98 Å². The first kappa shape index (κ1) is 17.2. The quantitative estimate of drug-likeness (QED) is 0.810. The monoisotopic (exact) mass is 389 g/mol. The van der Waals surface area contributed by atoms with Crippen LogP contribution in [0.3, 0.4) is 0 Å². The zero-order chi connectivity index (χ0) is 18.4. The van der Waals surface area contributed by atoms with Gasteiger partial charge in [0.1, 0.15) is 18.2 Å². The van der Waals surface area contributed by atoms with Gasteiger partial charge in [-0.3, -0.25) is 10.1 Å². The number of anilines is 1. The van der Waals surface area contributed by atoms with Gasteiger partial charge in [0.15, 0.2) is 5.82 Å². The number of nitrogens with zero attached hydrogens (tertiary/aromatic N) is 4. The number of aromatic nitrogens is 4. The van der Waals surface area contributed by atoms with E-state index in [0.717, 1.165) is 22.8 Å². The number of ether oxygens (including phenoxy) is 1. The minimum atomic E-state index is -0.251. The van der Waals surface area contributed by atoms with E-state index in [0.29, 0.717) is 16.8 Å². The molecule has 4 aliphatic rings. The van der Waals surface area contributed by atoms with Crippen molar-refractivity contribution in [1.82, 2.24) is 20.3 Å². The van der Waals surface area contributed by atoms with E-state index in [9.17, 15) is 4.79 Å². The van der Waals surface area contributed by atoms with Gasteiger partial charge in [-0.15, -0.1) is 10.2 Å². The van der Waals surface area contributed by atoms with Crippen molar-refractivity contribution in [2.45, 2.75) is 57.5 Å². The Labute approximate surface area is 161 Å². The van der Waals surface area contributed by atoms with Crippen LogP contribution < -0.4 is 5.32 Å². The van der Waals surface area contributed by atoms with E-state index in [1.54, 1.807) is 6.92 Å². The first-order valence-electron chi connectivity index (χ1n) is 9.59. The molecule has 0 atom stereocenters. The molecule has 2 heterocycles. The molecule has 0 aromatic carbocycles. The summed E-state index contributed by atoms with van der Waals surface area (Å²) in [6.45, 7) is 1.76. The minimum Gasteiger partial charge on any atom is -0.362 e. The molecule has 4 fully saturated rings. The number of hydrogen-bond donors (Lipinski definition) is 1. The van der Waals surface area contributed by atoms with Crippen LogP contribution in [-0.4, -0.2) is 32.9 Å². The van der Waals surface area contributed by atoms with Crippen LogP contribution >= 0.6 is 11.3 Å². The van der Waals surface area contributed by atoms with E-state index in [-0.39, 0.29) is 24.5 Å². The molecule has 0 spiro atoms. The Bertz CT molecular complexity index is 812. The average molecular weight is 389 g/mol. The average Bonchev–Trinajstić information content (AvgIpc) is 3.23. The molecule has 27 heavy (non-hydrogen) atoms. The molecule has 0 unspecified atom stereocenters. The van der Waals surface area contributed by atoms with Gasteiger partial charge in [-0.1, -0.05) is 16.5 Å². The second-order valence-electron chi connectivity index (χ2n) is 8.39. The molecule has 2 aromatic rings. The summed E-state index contributed by atoms with van der Waals surface area (Å²) in [7, 11) is 0. The Hall–Kier alpha value is -1.87. The molecule has 0 radical (unpaired) electrons. The largest absolute Gasteiger partial charge is 0.362 e. The van der Waals surface area contributed by atoms with Gasteiger partial charge < -0.3 is 9.26 Å². The molecule has 4 saturated carbocycles. The molecule has 2 aromatic heterocycles. The van der Waals surface area contributed by atoms with Gasteiger partial charge in [0.2, 0.25) is 5.13 Å². The maximum absolute atomic E-state index is 12.1. The predicted molar refractivity (Wildman–Crippen MR) is 97.1 cm³/mol. The molecule has 8 nitrogen and oxygen atoms in total. The van der Waals surface area contributed by atoms with Crippen LogP contribution in [0.2, 0.25) is 0 Å². The van der Waals surface area contributed by atoms with E-state index in [2.05, 4.69) is 25.7 Å². The van der Waals surface area contributed by atoms with Crippen LogP contribution in [0.25, 0.3) is 0 Å². The van der Waals surface area contributed by atoms with Crippen molar-refractivity contribution in [1.29, 1.82) is 0 Å². The number of nitrogens with one attached hydrogen (secondary N) is 1. The fourth-order valence-electron chi connectivity index (χ4n) is 5.65. The zero-order valence-electron chi connectivity index (χ0n) is 15.3. The summed E-state index contributed by atoms with van der Waals surface area (Å²) in [4.78, 5) is 16.1. The van der Waals surface area contributed by atoms with Gasteiger partial charge in [-0.25, -0.2) is 0 Å². The molecular weight excluding hydrogens is 366 g/mol. The summed E-state index contributed by atoms with van der Waals surface area (Å²) < 4.78 is 10.3. The highest BCUT2D eigenvalue weighted by Gasteiger charge is 2.53. The standard InChI is InChI=1S/C18H23N5O3S/c1-10-19-15(26-23-10)9-25-8-14(24)20-17-22-21-16(27-17)18-5-11-2-12(6-18)4-13(3-11)7-18/h11-13H,2-9H2,1H3,(H,20,22,24). The van der Waals surface area contributed by atoms with E-state index in [1.165, 1.54) is 49.9 Å². The highest BCUT2D eigenvalue weighted by Crippen LogP contribution is 2.61. The Morgan fingerprint density at radius 3 is 2.56 bits per heavy atom. The van der Waals surface area contributed by atoms with Crippen LogP contribution in [-0.2, 0) is 21.6 Å². The van der Waals surface area contributed by atoms with Gasteiger partial charge in [0, 0.05) is 5.41 Å². The maximum atomic E-state index is 12.1. The summed E-state index contributed by atoms with van der Waals surface area (Å²) in [5.74, 6) is 3.24. The van der Waals surface area contributed by atoms with Crippen LogP contribution in [0.1, 0.15) is 55.2 Å². The lowest BCUT2D eigenvalue weighted by Crippen LogP contribution is -2.48. The van der Waals surface area contributed by atoms with Crippen LogP contribution in [0.15, 0.2) is 4.52 Å². The number of hydrogen-bond acceptors (Lipinski definition) is 8. The second kappa shape index (κ2) is 6.63. The van der Waals surface area contributed by atoms with Crippen molar-refractivity contribution in [2.75, 3.05) is 11.9 Å². The molecule has 9 heteroatoms. The Morgan fingerprint density at radius 1 is 1.22 bits per heavy atom. The molecule has 0 aliphatic heterocycles. The van der Waals surface area contributed by atoms with Crippen molar-refractivity contribution in [3.05, 3.63) is 16.7 Å². The Kier molecular flexibility index (Phi) is 4.23. The first-order chi connectivity index (χ1) is 13.1. The lowest BCUT2D eigenvalue weighted by molar-refractivity contribution is -0.121. The van der Waals surface area contributed by atoms with Crippen LogP contribution in [0.5, 0.6) is 0 Å². The molecule has 6 rings (SSSR count). The third-order valence-corrected chi connectivity index (χ3v) is 7.28. The van der Waals surface area contributed by atoms with E-state index in [1.807, 2.05) is 0 Å². The number of amides is 1. The molecule has 1 amide bonds. The van der Waals surface area contributed by atoms with E-state index in [4.69, 9.17) is 9.26 Å². The third kappa shape index (κ3) is 3.38. The van der Waals surface area contributed by atoms with Crippen molar-refractivity contribution < 1.29 is 14.1 Å². The molecule has 4 bridgehead atoms. The lowest BCUT2D eigenvalue weighted by Gasteiger charge is -2.55. The summed E-state index contributed by atoms with van der Waals surface area (Å²) >= 11 is 1.53. The number of carbonyl (C=O) groups is 1. The third-order valence-electron chi connectivity index (χ3n) is 6.19. The van der Waals surface area contributed by atoms with E-state index < -0.39 is 0 Å². The highest BCUT2D eigenvalue weighted by atomic mass is 32.1. The Morgan fingerprint density at radius 2 is 1.93 bits per heavy atom. The minimum absolute atomic E-state index is 0.0896. The summed E-state index contributed by atoms with van der Waals surface area (Å²) in [5, 5.41) is 16.8.